The molecule has 5 nitrogen and oxygen atoms in total. The van der Waals surface area contributed by atoms with Crippen LogP contribution in [0.15, 0.2) is 22.7 Å². The van der Waals surface area contributed by atoms with Gasteiger partial charge in [-0.3, -0.25) is 0 Å². The van der Waals surface area contributed by atoms with Crippen molar-refractivity contribution < 1.29 is 14.3 Å². The number of hydrogen-bond donors (Lipinski definition) is 1. The van der Waals surface area contributed by atoms with Crippen LogP contribution in [0.25, 0.3) is 11.3 Å². The maximum atomic E-state index is 13.8. The molecule has 0 unspecified atom stereocenters. The number of aromatic nitrogens is 3. The van der Waals surface area contributed by atoms with Gasteiger partial charge in [0.05, 0.1) is 6.04 Å². The Labute approximate surface area is 117 Å². The van der Waals surface area contributed by atoms with Gasteiger partial charge < -0.3 is 5.11 Å². The van der Waals surface area contributed by atoms with E-state index in [1.165, 1.54) is 23.0 Å². The van der Waals surface area contributed by atoms with E-state index in [1.54, 1.807) is 0 Å². The summed E-state index contributed by atoms with van der Waals surface area (Å²) in [7, 11) is 0. The first-order valence-corrected chi connectivity index (χ1v) is 6.35. The van der Waals surface area contributed by atoms with Gasteiger partial charge in [-0.05, 0) is 32.0 Å². The molecule has 1 heterocycles. The second-order valence-corrected chi connectivity index (χ2v) is 5.16. The Morgan fingerprint density at radius 2 is 2.11 bits per heavy atom. The summed E-state index contributed by atoms with van der Waals surface area (Å²) in [5.74, 6) is -1.78. The van der Waals surface area contributed by atoms with Crippen LogP contribution in [-0.2, 0) is 0 Å². The molecule has 0 aliphatic rings. The Morgan fingerprint density at radius 1 is 1.42 bits per heavy atom. The summed E-state index contributed by atoms with van der Waals surface area (Å²) in [6.45, 7) is 3.62. The molecule has 0 amide bonds. The zero-order chi connectivity index (χ0) is 14.2. The second kappa shape index (κ2) is 5.08. The molecule has 2 rings (SSSR count). The summed E-state index contributed by atoms with van der Waals surface area (Å²) < 4.78 is 14.5. The normalized spacial score (nSPS) is 11.0. The summed E-state index contributed by atoms with van der Waals surface area (Å²) in [6, 6.07) is 4.16. The van der Waals surface area contributed by atoms with Crippen molar-refractivity contribution in [3.8, 4) is 11.3 Å². The van der Waals surface area contributed by atoms with Gasteiger partial charge in [0.1, 0.15) is 11.5 Å². The zero-order valence-corrected chi connectivity index (χ0v) is 11.8. The first-order valence-electron chi connectivity index (χ1n) is 5.55. The number of nitrogens with zero attached hydrogens (tertiary/aromatic N) is 3. The largest absolute Gasteiger partial charge is 0.476 e. The monoisotopic (exact) mass is 327 g/mol. The third kappa shape index (κ3) is 2.65. The first kappa shape index (κ1) is 13.7. The van der Waals surface area contributed by atoms with Gasteiger partial charge in [-0.2, -0.15) is 9.90 Å². The van der Waals surface area contributed by atoms with Crippen molar-refractivity contribution in [2.24, 2.45) is 0 Å². The highest BCUT2D eigenvalue weighted by Crippen LogP contribution is 2.27. The number of carboxylic acid groups (broad SMARTS) is 1. The molecule has 0 spiro atoms. The molecule has 0 bridgehead atoms. The molecule has 0 aliphatic carbocycles. The lowest BCUT2D eigenvalue weighted by Gasteiger charge is -2.02. The number of hydrogen-bond acceptors (Lipinski definition) is 3. The third-order valence-corrected chi connectivity index (χ3v) is 2.97. The third-order valence-electron chi connectivity index (χ3n) is 2.48. The van der Waals surface area contributed by atoms with E-state index < -0.39 is 11.8 Å². The predicted molar refractivity (Wildman–Crippen MR) is 70.5 cm³/mol. The quantitative estimate of drug-likeness (QED) is 0.940. The number of rotatable bonds is 3. The molecular weight excluding hydrogens is 317 g/mol. The van der Waals surface area contributed by atoms with Crippen LogP contribution in [0.3, 0.4) is 0 Å². The topological polar surface area (TPSA) is 68.0 Å². The SMILES string of the molecule is CC(C)n1nc(C(=O)O)c(-c2cc(Br)ccc2F)n1. The van der Waals surface area contributed by atoms with E-state index in [2.05, 4.69) is 26.1 Å². The maximum absolute atomic E-state index is 13.8. The highest BCUT2D eigenvalue weighted by atomic mass is 79.9. The van der Waals surface area contributed by atoms with Crippen molar-refractivity contribution in [2.45, 2.75) is 19.9 Å². The molecule has 0 radical (unpaired) electrons. The van der Waals surface area contributed by atoms with Gasteiger partial charge in [0.2, 0.25) is 0 Å². The molecule has 1 aromatic carbocycles. The Hall–Kier alpha value is -1.76. The molecule has 0 fully saturated rings. The van der Waals surface area contributed by atoms with Crippen LogP contribution in [0, 0.1) is 5.82 Å². The minimum absolute atomic E-state index is 0.0278. The van der Waals surface area contributed by atoms with E-state index in [0.717, 1.165) is 0 Å². The van der Waals surface area contributed by atoms with Crippen molar-refractivity contribution >= 4 is 21.9 Å². The van der Waals surface area contributed by atoms with E-state index in [1.807, 2.05) is 13.8 Å². The number of carbonyl (C=O) groups is 1. The van der Waals surface area contributed by atoms with Crippen LogP contribution in [-0.4, -0.2) is 26.1 Å². The van der Waals surface area contributed by atoms with Crippen LogP contribution in [0.5, 0.6) is 0 Å². The molecule has 0 saturated heterocycles. The van der Waals surface area contributed by atoms with Gasteiger partial charge >= 0.3 is 5.97 Å². The summed E-state index contributed by atoms with van der Waals surface area (Å²) in [6.07, 6.45) is 0. The van der Waals surface area contributed by atoms with Crippen molar-refractivity contribution in [1.82, 2.24) is 15.0 Å². The number of carboxylic acids is 1. The summed E-state index contributed by atoms with van der Waals surface area (Å²) >= 11 is 3.22. The highest BCUT2D eigenvalue weighted by molar-refractivity contribution is 9.10. The van der Waals surface area contributed by atoms with Crippen LogP contribution in [0.4, 0.5) is 4.39 Å². The molecule has 0 atom stereocenters. The average Bonchev–Trinajstić information content (AvgIpc) is 2.77. The zero-order valence-electron chi connectivity index (χ0n) is 10.3. The maximum Gasteiger partial charge on any atom is 0.358 e. The van der Waals surface area contributed by atoms with Gasteiger partial charge in [0, 0.05) is 10.0 Å². The Balaban J connectivity index is 2.66. The summed E-state index contributed by atoms with van der Waals surface area (Å²) in [5.41, 5.74) is -0.121. The van der Waals surface area contributed by atoms with E-state index in [-0.39, 0.29) is 23.0 Å². The van der Waals surface area contributed by atoms with Gasteiger partial charge in [-0.1, -0.05) is 15.9 Å². The van der Waals surface area contributed by atoms with Crippen LogP contribution < -0.4 is 0 Å². The molecule has 100 valence electrons. The van der Waals surface area contributed by atoms with Crippen molar-refractivity contribution in [1.29, 1.82) is 0 Å². The Morgan fingerprint density at radius 3 is 2.68 bits per heavy atom. The molecule has 1 N–H and O–H groups in total. The fourth-order valence-corrected chi connectivity index (χ4v) is 1.92. The fourth-order valence-electron chi connectivity index (χ4n) is 1.56. The van der Waals surface area contributed by atoms with Gasteiger partial charge in [0.25, 0.3) is 0 Å². The van der Waals surface area contributed by atoms with Crippen molar-refractivity contribution in [3.63, 3.8) is 0 Å². The van der Waals surface area contributed by atoms with Gasteiger partial charge in [0.15, 0.2) is 5.69 Å². The van der Waals surface area contributed by atoms with Crippen LogP contribution in [0.1, 0.15) is 30.4 Å². The Bertz CT molecular complexity index is 640. The van der Waals surface area contributed by atoms with Crippen molar-refractivity contribution in [3.05, 3.63) is 34.2 Å². The summed E-state index contributed by atoms with van der Waals surface area (Å²) in [5, 5.41) is 17.1. The number of aromatic carboxylic acids is 1. The molecule has 0 saturated carbocycles. The lowest BCUT2D eigenvalue weighted by Crippen LogP contribution is -2.06. The van der Waals surface area contributed by atoms with Gasteiger partial charge in [-0.25, -0.2) is 9.18 Å². The first-order chi connectivity index (χ1) is 8.90. The van der Waals surface area contributed by atoms with E-state index >= 15 is 0 Å². The van der Waals surface area contributed by atoms with E-state index in [0.29, 0.717) is 4.47 Å². The molecular formula is C12H11BrFN3O2. The lowest BCUT2D eigenvalue weighted by molar-refractivity contribution is 0.0690. The summed E-state index contributed by atoms with van der Waals surface area (Å²) in [4.78, 5) is 12.4. The predicted octanol–water partition coefficient (Wildman–Crippen LogP) is 3.13. The molecule has 7 heteroatoms. The minimum atomic E-state index is -1.23. The minimum Gasteiger partial charge on any atom is -0.476 e. The van der Waals surface area contributed by atoms with Crippen LogP contribution >= 0.6 is 15.9 Å². The smallest absolute Gasteiger partial charge is 0.358 e. The van der Waals surface area contributed by atoms with Gasteiger partial charge in [-0.15, -0.1) is 5.10 Å². The lowest BCUT2D eigenvalue weighted by atomic mass is 10.1. The fraction of sp³-hybridized carbons (Fsp3) is 0.250. The second-order valence-electron chi connectivity index (χ2n) is 4.24. The van der Waals surface area contributed by atoms with E-state index in [9.17, 15) is 9.18 Å². The van der Waals surface area contributed by atoms with Crippen LogP contribution in [0.2, 0.25) is 0 Å². The number of halogens is 2. The Kier molecular flexibility index (Phi) is 3.66. The average molecular weight is 328 g/mol. The molecule has 0 aliphatic heterocycles. The molecule has 2 aromatic rings. The van der Waals surface area contributed by atoms with Crippen molar-refractivity contribution in [2.75, 3.05) is 0 Å². The number of benzene rings is 1. The molecule has 1 aromatic heterocycles. The molecule has 19 heavy (non-hydrogen) atoms. The standard InChI is InChI=1S/C12H11BrFN3O2/c1-6(2)17-15-10(11(16-17)12(18)19)8-5-7(13)3-4-9(8)14/h3-6H,1-2H3,(H,18,19). The highest BCUT2D eigenvalue weighted by Gasteiger charge is 2.22. The van der Waals surface area contributed by atoms with E-state index in [4.69, 9.17) is 5.11 Å².